The Hall–Kier alpha value is -2.27. The third-order valence-electron chi connectivity index (χ3n) is 3.63. The molecule has 1 aromatic rings. The van der Waals surface area contributed by atoms with Gasteiger partial charge in [0.2, 0.25) is 10.0 Å². The summed E-state index contributed by atoms with van der Waals surface area (Å²) in [5.41, 5.74) is 0.787. The Balaban J connectivity index is 2.57. The number of alkyl carbamates (subject to hydrolysis) is 1. The van der Waals surface area contributed by atoms with Crippen molar-refractivity contribution in [3.05, 3.63) is 35.9 Å². The molecule has 1 amide bonds. The molecular formula is C17H25N3O6S2. The highest BCUT2D eigenvalue weighted by Gasteiger charge is 2.27. The summed E-state index contributed by atoms with van der Waals surface area (Å²) in [5, 5.41) is 12.0. The van der Waals surface area contributed by atoms with Gasteiger partial charge in [0, 0.05) is 6.54 Å². The predicted octanol–water partition coefficient (Wildman–Crippen LogP) is 1.66. The zero-order valence-corrected chi connectivity index (χ0v) is 17.5. The summed E-state index contributed by atoms with van der Waals surface area (Å²) in [4.78, 5) is 27.5. The molecule has 0 aliphatic carbocycles. The second-order valence-corrected chi connectivity index (χ2v) is 8.60. The normalized spacial score (nSPS) is 14.0. The number of nitrogens with one attached hydrogen (secondary N) is 2. The van der Waals surface area contributed by atoms with Crippen LogP contribution in [0.5, 0.6) is 0 Å². The summed E-state index contributed by atoms with van der Waals surface area (Å²) in [6, 6.07) is 7.87. The number of carboxylic acid groups (broad SMARTS) is 1. The van der Waals surface area contributed by atoms with Gasteiger partial charge in [-0.15, -0.1) is 0 Å². The molecule has 0 fully saturated rings. The van der Waals surface area contributed by atoms with E-state index in [9.17, 15) is 23.1 Å². The molecule has 9 nitrogen and oxygen atoms in total. The second-order valence-electron chi connectivity index (χ2n) is 6.05. The van der Waals surface area contributed by atoms with E-state index in [-0.39, 0.29) is 18.3 Å². The van der Waals surface area contributed by atoms with Crippen molar-refractivity contribution in [1.82, 2.24) is 10.0 Å². The van der Waals surface area contributed by atoms with Crippen LogP contribution >= 0.6 is 11.8 Å². The smallest absolute Gasteiger partial charge is 0.408 e. The molecule has 2 atom stereocenters. The highest BCUT2D eigenvalue weighted by Crippen LogP contribution is 2.11. The van der Waals surface area contributed by atoms with Crippen LogP contribution in [-0.2, 0) is 26.2 Å². The molecule has 0 aliphatic rings. The Bertz CT molecular complexity index is 783. The van der Waals surface area contributed by atoms with Gasteiger partial charge in [-0.05, 0) is 24.2 Å². The molecule has 11 heteroatoms. The van der Waals surface area contributed by atoms with E-state index in [2.05, 4.69) is 15.0 Å². The first kappa shape index (κ1) is 23.8. The quantitative estimate of drug-likeness (QED) is 0.400. The van der Waals surface area contributed by atoms with Gasteiger partial charge in [0.1, 0.15) is 12.6 Å². The minimum atomic E-state index is -3.43. The third kappa shape index (κ3) is 9.60. The first-order valence-electron chi connectivity index (χ1n) is 8.38. The molecule has 0 heterocycles. The van der Waals surface area contributed by atoms with Crippen molar-refractivity contribution in [2.24, 2.45) is 10.9 Å². The Morgan fingerprint density at radius 1 is 1.29 bits per heavy atom. The van der Waals surface area contributed by atoms with Crippen LogP contribution in [0.4, 0.5) is 4.79 Å². The lowest BCUT2D eigenvalue weighted by Crippen LogP contribution is -2.45. The van der Waals surface area contributed by atoms with Crippen molar-refractivity contribution in [2.75, 3.05) is 19.1 Å². The number of nitrogens with zero attached hydrogens (tertiary/aromatic N) is 1. The average Bonchev–Trinajstić information content (AvgIpc) is 2.63. The van der Waals surface area contributed by atoms with Crippen LogP contribution in [0.15, 0.2) is 35.3 Å². The van der Waals surface area contributed by atoms with Gasteiger partial charge in [0.05, 0.1) is 6.26 Å². The fourth-order valence-corrected chi connectivity index (χ4v) is 3.56. The number of carboxylic acids is 1. The molecule has 0 spiro atoms. The molecule has 0 aliphatic heterocycles. The van der Waals surface area contributed by atoms with E-state index in [1.54, 1.807) is 37.4 Å². The van der Waals surface area contributed by atoms with Crippen molar-refractivity contribution in [1.29, 1.82) is 0 Å². The number of benzene rings is 1. The van der Waals surface area contributed by atoms with Crippen molar-refractivity contribution >= 4 is 39.0 Å². The highest BCUT2D eigenvalue weighted by atomic mass is 32.2. The molecule has 0 saturated carbocycles. The topological polar surface area (TPSA) is 134 Å². The number of amides is 1. The number of hydrogen-bond donors (Lipinski definition) is 3. The molecule has 156 valence electrons. The van der Waals surface area contributed by atoms with E-state index in [0.29, 0.717) is 6.42 Å². The van der Waals surface area contributed by atoms with Gasteiger partial charge in [-0.3, -0.25) is 9.71 Å². The standard InChI is InChI=1S/C17H25N3O6S2/c1-12(9-10-18-16(27-2)20-28(3,24)25)14(15(21)22)19-17(23)26-11-13-7-5-4-6-8-13/h4-8,12,14H,9-11H2,1-3H3,(H,18,20)(H,19,23)(H,21,22)/t12-,14+/m1/s1. The van der Waals surface area contributed by atoms with E-state index in [4.69, 9.17) is 4.74 Å². The average molecular weight is 432 g/mol. The van der Waals surface area contributed by atoms with Crippen LogP contribution in [0.1, 0.15) is 18.9 Å². The van der Waals surface area contributed by atoms with E-state index < -0.39 is 34.0 Å². The number of hydrogen-bond acceptors (Lipinski definition) is 7. The maximum absolute atomic E-state index is 11.9. The largest absolute Gasteiger partial charge is 0.480 e. The van der Waals surface area contributed by atoms with E-state index in [0.717, 1.165) is 23.6 Å². The maximum atomic E-state index is 11.9. The molecule has 0 radical (unpaired) electrons. The van der Waals surface area contributed by atoms with Gasteiger partial charge in [-0.1, -0.05) is 49.0 Å². The number of rotatable bonds is 9. The van der Waals surface area contributed by atoms with Gasteiger partial charge in [-0.25, -0.2) is 18.0 Å². The Morgan fingerprint density at radius 3 is 2.46 bits per heavy atom. The third-order valence-corrected chi connectivity index (χ3v) is 4.94. The number of amidine groups is 1. The zero-order valence-electron chi connectivity index (χ0n) is 15.9. The molecule has 0 bridgehead atoms. The summed E-state index contributed by atoms with van der Waals surface area (Å²) in [6.07, 6.45) is 2.19. The Labute approximate surface area is 169 Å². The lowest BCUT2D eigenvalue weighted by Gasteiger charge is -2.20. The summed E-state index contributed by atoms with van der Waals surface area (Å²) in [6.45, 7) is 1.89. The molecule has 1 rings (SSSR count). The minimum Gasteiger partial charge on any atom is -0.480 e. The number of aliphatic carboxylic acids is 1. The number of ether oxygens (including phenoxy) is 1. The number of sulfonamides is 1. The predicted molar refractivity (Wildman–Crippen MR) is 109 cm³/mol. The lowest BCUT2D eigenvalue weighted by atomic mass is 9.98. The van der Waals surface area contributed by atoms with Gasteiger partial charge in [-0.2, -0.15) is 0 Å². The summed E-state index contributed by atoms with van der Waals surface area (Å²) >= 11 is 1.13. The van der Waals surface area contributed by atoms with E-state index >= 15 is 0 Å². The number of thioether (sulfide) groups is 1. The van der Waals surface area contributed by atoms with Gasteiger partial charge < -0.3 is 15.2 Å². The molecule has 0 aromatic heterocycles. The van der Waals surface area contributed by atoms with Gasteiger partial charge >= 0.3 is 12.1 Å². The number of aliphatic imine (C=N–C) groups is 1. The monoisotopic (exact) mass is 431 g/mol. The first-order chi connectivity index (χ1) is 13.1. The fraction of sp³-hybridized carbons (Fsp3) is 0.471. The summed E-state index contributed by atoms with van der Waals surface area (Å²) in [7, 11) is -3.43. The van der Waals surface area contributed by atoms with Crippen LogP contribution < -0.4 is 10.0 Å². The first-order valence-corrected chi connectivity index (χ1v) is 11.5. The van der Waals surface area contributed by atoms with Crippen LogP contribution in [0.3, 0.4) is 0 Å². The van der Waals surface area contributed by atoms with Crippen LogP contribution in [0.2, 0.25) is 0 Å². The highest BCUT2D eigenvalue weighted by molar-refractivity contribution is 8.14. The lowest BCUT2D eigenvalue weighted by molar-refractivity contribution is -0.140. The van der Waals surface area contributed by atoms with Gasteiger partial charge in [0.25, 0.3) is 0 Å². The van der Waals surface area contributed by atoms with E-state index in [1.807, 2.05) is 6.07 Å². The van der Waals surface area contributed by atoms with Gasteiger partial charge in [0.15, 0.2) is 5.17 Å². The van der Waals surface area contributed by atoms with Crippen molar-refractivity contribution in [2.45, 2.75) is 26.0 Å². The fourth-order valence-electron chi connectivity index (χ4n) is 2.17. The number of carbonyl (C=O) groups excluding carboxylic acids is 1. The van der Waals surface area contributed by atoms with Crippen molar-refractivity contribution in [3.63, 3.8) is 0 Å². The molecule has 0 saturated heterocycles. The minimum absolute atomic E-state index is 0.0337. The van der Waals surface area contributed by atoms with E-state index in [1.165, 1.54) is 0 Å². The Kier molecular flexibility index (Phi) is 9.80. The SMILES string of the molecule is CSC(=NCC[C@@H](C)[C@H](NC(=O)OCc1ccccc1)C(=O)O)NS(C)(=O)=O. The molecule has 28 heavy (non-hydrogen) atoms. The summed E-state index contributed by atoms with van der Waals surface area (Å²) in [5.74, 6) is -1.64. The van der Waals surface area contributed by atoms with Crippen LogP contribution in [0, 0.1) is 5.92 Å². The number of carbonyl (C=O) groups is 2. The summed E-state index contributed by atoms with van der Waals surface area (Å²) < 4.78 is 29.8. The Morgan fingerprint density at radius 2 is 1.93 bits per heavy atom. The van der Waals surface area contributed by atoms with Crippen molar-refractivity contribution < 1.29 is 27.9 Å². The van der Waals surface area contributed by atoms with Crippen LogP contribution in [-0.4, -0.2) is 55.9 Å². The zero-order chi connectivity index (χ0) is 21.2. The molecule has 0 unspecified atom stereocenters. The molecule has 1 aromatic carbocycles. The molecular weight excluding hydrogens is 406 g/mol. The van der Waals surface area contributed by atoms with Crippen molar-refractivity contribution in [3.8, 4) is 0 Å². The maximum Gasteiger partial charge on any atom is 0.408 e. The second kappa shape index (κ2) is 11.5. The van der Waals surface area contributed by atoms with Crippen LogP contribution in [0.25, 0.3) is 0 Å². The molecule has 3 N–H and O–H groups in total.